The van der Waals surface area contributed by atoms with Crippen molar-refractivity contribution < 1.29 is 9.59 Å². The summed E-state index contributed by atoms with van der Waals surface area (Å²) in [6.07, 6.45) is 8.13. The van der Waals surface area contributed by atoms with E-state index in [9.17, 15) is 9.59 Å². The van der Waals surface area contributed by atoms with Crippen molar-refractivity contribution >= 4 is 28.7 Å². The van der Waals surface area contributed by atoms with Crippen molar-refractivity contribution in [3.8, 4) is 0 Å². The fourth-order valence-electron chi connectivity index (χ4n) is 5.23. The molecule has 5 nitrogen and oxygen atoms in total. The van der Waals surface area contributed by atoms with Crippen molar-refractivity contribution in [3.05, 3.63) is 0 Å². The van der Waals surface area contributed by atoms with E-state index in [1.807, 2.05) is 4.90 Å². The molecule has 2 bridgehead atoms. The van der Waals surface area contributed by atoms with Crippen LogP contribution in [0.2, 0.25) is 0 Å². The van der Waals surface area contributed by atoms with Crippen LogP contribution in [0.1, 0.15) is 58.8 Å². The molecule has 1 unspecified atom stereocenters. The summed E-state index contributed by atoms with van der Waals surface area (Å²) in [5, 5.41) is 3.91. The van der Waals surface area contributed by atoms with E-state index in [-0.39, 0.29) is 11.8 Å². The Morgan fingerprint density at radius 2 is 2.04 bits per heavy atom. The Balaban J connectivity index is 1.35. The number of carbonyl (C=O) groups is 2. The first-order chi connectivity index (χ1) is 11.9. The number of carbonyl (C=O) groups excluding carboxylic acids is 2. The van der Waals surface area contributed by atoms with Crippen LogP contribution >= 0.6 is 11.8 Å². The molecule has 138 valence electrons. The number of hydrogen-bond acceptors (Lipinski definition) is 4. The van der Waals surface area contributed by atoms with Gasteiger partial charge in [0.2, 0.25) is 11.8 Å². The fraction of sp³-hybridized carbons (Fsp3) is 0.842. The Hall–Kier alpha value is -1.04. The van der Waals surface area contributed by atoms with Crippen molar-refractivity contribution in [1.82, 2.24) is 10.2 Å². The average molecular weight is 364 g/mol. The maximum atomic E-state index is 12.6. The second-order valence-corrected chi connectivity index (χ2v) is 10.1. The quantitative estimate of drug-likeness (QED) is 0.839. The summed E-state index contributed by atoms with van der Waals surface area (Å²) >= 11 is 1.64. The third-order valence-corrected chi connectivity index (χ3v) is 7.95. The number of nitrogens with zero attached hydrogens (tertiary/aromatic N) is 2. The SMILES string of the molecule is CC(=O)N1CCC(C[C@]2(C)SC(=NC3C[C@@H]4CC[C@H]3C4)NC2=O)CC1. The zero-order chi connectivity index (χ0) is 17.6. The smallest absolute Gasteiger partial charge is 0.242 e. The van der Waals surface area contributed by atoms with Crippen LogP contribution < -0.4 is 5.32 Å². The standard InChI is InChI=1S/C19H29N3O2S/c1-12(23)22-7-5-13(6-8-22)11-19(2)17(24)21-18(25-19)20-16-10-14-3-4-15(16)9-14/h13-16H,3-11H2,1-2H3,(H,20,21,24)/t14-,15+,16?,19+/m1/s1. The van der Waals surface area contributed by atoms with Crippen LogP contribution in [0.15, 0.2) is 4.99 Å². The van der Waals surface area contributed by atoms with E-state index in [2.05, 4.69) is 12.2 Å². The van der Waals surface area contributed by atoms with E-state index in [0.717, 1.165) is 49.4 Å². The highest BCUT2D eigenvalue weighted by Gasteiger charge is 2.46. The number of hydrogen-bond donors (Lipinski definition) is 1. The number of amides is 2. The van der Waals surface area contributed by atoms with E-state index in [1.54, 1.807) is 18.7 Å². The van der Waals surface area contributed by atoms with Gasteiger partial charge in [-0.2, -0.15) is 0 Å². The molecule has 4 fully saturated rings. The van der Waals surface area contributed by atoms with Crippen molar-refractivity contribution in [1.29, 1.82) is 0 Å². The second kappa shape index (κ2) is 6.60. The molecule has 4 aliphatic rings. The summed E-state index contributed by atoms with van der Waals surface area (Å²) < 4.78 is -0.403. The maximum Gasteiger partial charge on any atom is 0.242 e. The molecule has 0 radical (unpaired) electrons. The van der Waals surface area contributed by atoms with Crippen molar-refractivity contribution in [2.24, 2.45) is 22.7 Å². The van der Waals surface area contributed by atoms with Gasteiger partial charge in [-0.25, -0.2) is 0 Å². The number of amidine groups is 1. The third kappa shape index (κ3) is 3.46. The minimum Gasteiger partial charge on any atom is -0.343 e. The van der Waals surface area contributed by atoms with Crippen LogP contribution in [0.5, 0.6) is 0 Å². The zero-order valence-corrected chi connectivity index (χ0v) is 16.1. The first-order valence-corrected chi connectivity index (χ1v) is 10.6. The minimum atomic E-state index is -0.403. The molecular weight excluding hydrogens is 334 g/mol. The molecule has 1 N–H and O–H groups in total. The van der Waals surface area contributed by atoms with Crippen LogP contribution in [0, 0.1) is 17.8 Å². The highest BCUT2D eigenvalue weighted by molar-refractivity contribution is 8.16. The first kappa shape index (κ1) is 17.4. The lowest BCUT2D eigenvalue weighted by Crippen LogP contribution is -2.41. The van der Waals surface area contributed by atoms with Gasteiger partial charge < -0.3 is 10.2 Å². The monoisotopic (exact) mass is 363 g/mol. The summed E-state index contributed by atoms with van der Waals surface area (Å²) in [6, 6.07) is 0.433. The molecule has 2 aliphatic carbocycles. The van der Waals surface area contributed by atoms with Gasteiger partial charge >= 0.3 is 0 Å². The molecule has 0 spiro atoms. The molecule has 4 atom stereocenters. The van der Waals surface area contributed by atoms with Gasteiger partial charge in [-0.05, 0) is 63.2 Å². The topological polar surface area (TPSA) is 61.8 Å². The van der Waals surface area contributed by atoms with E-state index in [1.165, 1.54) is 25.7 Å². The van der Waals surface area contributed by atoms with Gasteiger partial charge in [-0.3, -0.25) is 14.6 Å². The van der Waals surface area contributed by atoms with Gasteiger partial charge in [0.15, 0.2) is 5.17 Å². The Bertz CT molecular complexity index is 599. The summed E-state index contributed by atoms with van der Waals surface area (Å²) in [4.78, 5) is 30.9. The molecule has 0 aromatic rings. The van der Waals surface area contributed by atoms with Gasteiger partial charge in [-0.15, -0.1) is 0 Å². The number of aliphatic imine (C=N–C) groups is 1. The second-order valence-electron chi connectivity index (χ2n) is 8.62. The molecule has 6 heteroatoms. The van der Waals surface area contributed by atoms with Gasteiger partial charge in [0, 0.05) is 20.0 Å². The van der Waals surface area contributed by atoms with Crippen molar-refractivity contribution in [2.75, 3.05) is 13.1 Å². The number of rotatable bonds is 3. The molecule has 2 saturated carbocycles. The van der Waals surface area contributed by atoms with Gasteiger partial charge in [0.25, 0.3) is 0 Å². The number of likely N-dealkylation sites (tertiary alicyclic amines) is 1. The lowest BCUT2D eigenvalue weighted by atomic mass is 9.87. The molecule has 25 heavy (non-hydrogen) atoms. The summed E-state index contributed by atoms with van der Waals surface area (Å²) in [5.74, 6) is 2.42. The van der Waals surface area contributed by atoms with Crippen molar-refractivity contribution in [2.45, 2.75) is 69.6 Å². The third-order valence-electron chi connectivity index (χ3n) is 6.74. The summed E-state index contributed by atoms with van der Waals surface area (Å²) in [7, 11) is 0. The first-order valence-electron chi connectivity index (χ1n) is 9.77. The Morgan fingerprint density at radius 3 is 2.64 bits per heavy atom. The fourth-order valence-corrected chi connectivity index (χ4v) is 6.45. The molecular formula is C19H29N3O2S. The largest absolute Gasteiger partial charge is 0.343 e. The number of fused-ring (bicyclic) bond motifs is 2. The Morgan fingerprint density at radius 1 is 1.28 bits per heavy atom. The number of thioether (sulfide) groups is 1. The Labute approximate surface area is 154 Å². The molecule has 4 rings (SSSR count). The molecule has 0 aromatic heterocycles. The molecule has 2 saturated heterocycles. The minimum absolute atomic E-state index is 0.119. The van der Waals surface area contributed by atoms with Gasteiger partial charge in [0.05, 0.1) is 10.8 Å². The van der Waals surface area contributed by atoms with Gasteiger partial charge in [-0.1, -0.05) is 18.2 Å². The Kier molecular flexibility index (Phi) is 4.59. The number of piperidine rings is 1. The summed E-state index contributed by atoms with van der Waals surface area (Å²) in [5.41, 5.74) is 0. The van der Waals surface area contributed by atoms with Crippen molar-refractivity contribution in [3.63, 3.8) is 0 Å². The summed E-state index contributed by atoms with van der Waals surface area (Å²) in [6.45, 7) is 5.36. The highest BCUT2D eigenvalue weighted by Crippen LogP contribution is 2.47. The average Bonchev–Trinajstić information content (AvgIpc) is 3.24. The maximum absolute atomic E-state index is 12.6. The van der Waals surface area contributed by atoms with E-state index in [0.29, 0.717) is 12.0 Å². The predicted octanol–water partition coefficient (Wildman–Crippen LogP) is 2.80. The number of nitrogens with one attached hydrogen (secondary N) is 1. The van der Waals surface area contributed by atoms with Crippen LogP contribution in [-0.2, 0) is 9.59 Å². The lowest BCUT2D eigenvalue weighted by molar-refractivity contribution is -0.130. The van der Waals surface area contributed by atoms with Crippen LogP contribution in [0.25, 0.3) is 0 Å². The molecule has 0 aromatic carbocycles. The van der Waals surface area contributed by atoms with E-state index in [4.69, 9.17) is 4.99 Å². The van der Waals surface area contributed by atoms with Crippen LogP contribution in [0.4, 0.5) is 0 Å². The van der Waals surface area contributed by atoms with Crippen LogP contribution in [-0.4, -0.2) is 45.8 Å². The van der Waals surface area contributed by atoms with E-state index < -0.39 is 4.75 Å². The lowest BCUT2D eigenvalue weighted by Gasteiger charge is -2.34. The van der Waals surface area contributed by atoms with E-state index >= 15 is 0 Å². The van der Waals surface area contributed by atoms with Crippen LogP contribution in [0.3, 0.4) is 0 Å². The normalized spacial score (nSPS) is 40.1. The molecule has 2 heterocycles. The predicted molar refractivity (Wildman–Crippen MR) is 100 cm³/mol. The van der Waals surface area contributed by atoms with Gasteiger partial charge in [0.1, 0.15) is 0 Å². The molecule has 2 aliphatic heterocycles. The molecule has 2 amide bonds. The zero-order valence-electron chi connectivity index (χ0n) is 15.3. The highest BCUT2D eigenvalue weighted by atomic mass is 32.2.